The molecular formula is C63H111AlO12. The summed E-state index contributed by atoms with van der Waals surface area (Å²) in [6.45, 7) is 10.7. The Kier molecular flexibility index (Phi) is 66.7. The zero-order chi connectivity index (χ0) is 56.3. The normalized spacial score (nSPS) is 12.2. The summed E-state index contributed by atoms with van der Waals surface area (Å²) in [5, 5.41) is 31.4. The topological polar surface area (TPSA) is 199 Å². The molecule has 0 aromatic rings. The number of esters is 3. The Hall–Kier alpha value is -3.43. The number of carbonyl (C=O) groups is 6. The van der Waals surface area contributed by atoms with Crippen LogP contribution in [0.25, 0.3) is 0 Å². The molecule has 0 aromatic heterocycles. The minimum Gasteiger partial charge on any atom is -0.546 e. The number of hydrogen-bond acceptors (Lipinski definition) is 12. The second-order valence-electron chi connectivity index (χ2n) is 20.4. The number of ether oxygens (including phenoxy) is 3. The molecule has 0 radical (unpaired) electrons. The van der Waals surface area contributed by atoms with E-state index in [9.17, 15) is 44.1 Å². The summed E-state index contributed by atoms with van der Waals surface area (Å²) < 4.78 is 14.2. The van der Waals surface area contributed by atoms with Gasteiger partial charge in [-0.15, -0.1) is 0 Å². The van der Waals surface area contributed by atoms with Crippen molar-refractivity contribution in [3.05, 3.63) is 36.5 Å². The van der Waals surface area contributed by atoms with Gasteiger partial charge in [-0.3, -0.25) is 14.4 Å². The van der Waals surface area contributed by atoms with Gasteiger partial charge in [-0.2, -0.15) is 0 Å². The molecule has 0 rings (SSSR count). The summed E-state index contributed by atoms with van der Waals surface area (Å²) in [6, 6.07) is 0. The van der Waals surface area contributed by atoms with Crippen LogP contribution in [0.1, 0.15) is 311 Å². The van der Waals surface area contributed by atoms with Gasteiger partial charge < -0.3 is 43.9 Å². The molecule has 0 heterocycles. The number of unbranched alkanes of at least 4 members (excludes halogenated alkanes) is 33. The van der Waals surface area contributed by atoms with Gasteiger partial charge >= 0.3 is 35.3 Å². The standard InChI is InChI=1S/3C21H38O4.Al/c3*1-3-4-5-6-7-8-9-10-11-12-13-14-15-16-17-18-20(22)25-19(2)21(23)24;/h3*10-11,19H,3-9,12-18H2,1-2H3,(H,23,24);/q;;;+3/p-3/b3*11-10-;. The SMILES string of the molecule is CCCCCCCC/C=C\CCCCCCCC(=O)OC(C)C(=O)[O-].CCCCCCCC/C=C\CCCCCCCC(=O)OC(C)C(=O)[O-].CCCCCCCC/C=C\CCCCCCCC(=O)OC(C)C(=O)[O-].[Al+3]. The Balaban J connectivity index is -0.000000508. The molecule has 76 heavy (non-hydrogen) atoms. The summed E-state index contributed by atoms with van der Waals surface area (Å²) in [5.41, 5.74) is 0. The summed E-state index contributed by atoms with van der Waals surface area (Å²) in [5.74, 6) is -5.40. The van der Waals surface area contributed by atoms with Crippen molar-refractivity contribution in [2.24, 2.45) is 0 Å². The van der Waals surface area contributed by atoms with Crippen molar-refractivity contribution in [3.63, 3.8) is 0 Å². The van der Waals surface area contributed by atoms with Gasteiger partial charge in [0.2, 0.25) is 0 Å². The zero-order valence-corrected chi connectivity index (χ0v) is 50.5. The third kappa shape index (κ3) is 66.7. The second kappa shape index (κ2) is 64.1. The molecule has 0 bridgehead atoms. The molecule has 0 aromatic carbocycles. The summed E-state index contributed by atoms with van der Waals surface area (Å²) in [6.07, 6.45) is 58.2. The van der Waals surface area contributed by atoms with E-state index in [-0.39, 0.29) is 36.6 Å². The van der Waals surface area contributed by atoms with Crippen LogP contribution in [-0.2, 0) is 43.0 Å². The first-order valence-electron chi connectivity index (χ1n) is 30.4. The van der Waals surface area contributed by atoms with E-state index in [1.54, 1.807) is 0 Å². The number of allylic oxidation sites excluding steroid dienone is 6. The van der Waals surface area contributed by atoms with Crippen molar-refractivity contribution < 1.29 is 58.3 Å². The van der Waals surface area contributed by atoms with Crippen molar-refractivity contribution in [3.8, 4) is 0 Å². The average Bonchev–Trinajstić information content (AvgIpc) is 3.37. The van der Waals surface area contributed by atoms with Gasteiger partial charge in [0.25, 0.3) is 0 Å². The number of hydrogen-bond donors (Lipinski definition) is 0. The van der Waals surface area contributed by atoms with Crippen molar-refractivity contribution in [1.29, 1.82) is 0 Å². The molecule has 0 N–H and O–H groups in total. The number of rotatable bonds is 51. The Bertz CT molecular complexity index is 1260. The number of aliphatic carboxylic acids is 3. The number of carboxylic acid groups (broad SMARTS) is 3. The molecule has 12 nitrogen and oxygen atoms in total. The molecule has 0 aliphatic heterocycles. The van der Waals surface area contributed by atoms with Crippen LogP contribution in [0.3, 0.4) is 0 Å². The van der Waals surface area contributed by atoms with Gasteiger partial charge in [0.1, 0.15) is 18.3 Å². The van der Waals surface area contributed by atoms with E-state index in [0.29, 0.717) is 0 Å². The van der Waals surface area contributed by atoms with Crippen LogP contribution in [0, 0.1) is 0 Å². The van der Waals surface area contributed by atoms with Crippen LogP contribution in [0.15, 0.2) is 36.5 Å². The maximum Gasteiger partial charge on any atom is 3.00 e. The first-order valence-corrected chi connectivity index (χ1v) is 30.4. The van der Waals surface area contributed by atoms with E-state index in [0.717, 1.165) is 77.0 Å². The van der Waals surface area contributed by atoms with E-state index >= 15 is 0 Å². The fourth-order valence-electron chi connectivity index (χ4n) is 7.93. The smallest absolute Gasteiger partial charge is 0.546 e. The van der Waals surface area contributed by atoms with Crippen molar-refractivity contribution in [2.75, 3.05) is 0 Å². The van der Waals surface area contributed by atoms with Gasteiger partial charge in [0.15, 0.2) is 0 Å². The fraction of sp³-hybridized carbons (Fsp3) is 0.810. The summed E-state index contributed by atoms with van der Waals surface area (Å²) in [4.78, 5) is 65.5. The van der Waals surface area contributed by atoms with Gasteiger partial charge in [0.05, 0.1) is 17.9 Å². The van der Waals surface area contributed by atoms with Crippen LogP contribution in [0.5, 0.6) is 0 Å². The number of carboxylic acids is 3. The predicted molar refractivity (Wildman–Crippen MR) is 306 cm³/mol. The number of carbonyl (C=O) groups excluding carboxylic acids is 6. The molecule has 0 aliphatic carbocycles. The largest absolute Gasteiger partial charge is 3.00 e. The molecule has 0 aliphatic rings. The van der Waals surface area contributed by atoms with Crippen molar-refractivity contribution in [1.82, 2.24) is 0 Å². The molecule has 0 amide bonds. The molecule has 0 fully saturated rings. The Morgan fingerprint density at radius 1 is 0.289 bits per heavy atom. The van der Waals surface area contributed by atoms with Crippen LogP contribution >= 0.6 is 0 Å². The zero-order valence-electron chi connectivity index (χ0n) is 49.4. The minimum atomic E-state index is -1.35. The van der Waals surface area contributed by atoms with Gasteiger partial charge in [0, 0.05) is 19.3 Å². The summed E-state index contributed by atoms with van der Waals surface area (Å²) in [7, 11) is 0. The van der Waals surface area contributed by atoms with E-state index < -0.39 is 54.1 Å². The van der Waals surface area contributed by atoms with Gasteiger partial charge in [-0.25, -0.2) is 0 Å². The van der Waals surface area contributed by atoms with Gasteiger partial charge in [-0.1, -0.05) is 211 Å². The van der Waals surface area contributed by atoms with Crippen LogP contribution < -0.4 is 15.3 Å². The first-order chi connectivity index (χ1) is 36.2. The van der Waals surface area contributed by atoms with Gasteiger partial charge in [-0.05, 0) is 117 Å². The maximum atomic E-state index is 11.4. The molecule has 0 saturated carbocycles. The third-order valence-electron chi connectivity index (χ3n) is 12.8. The van der Waals surface area contributed by atoms with Crippen LogP contribution in [0.2, 0.25) is 0 Å². The Labute approximate surface area is 475 Å². The molecular weight excluding hydrogens is 976 g/mol. The summed E-state index contributed by atoms with van der Waals surface area (Å²) >= 11 is 0. The first kappa shape index (κ1) is 79.1. The second-order valence-corrected chi connectivity index (χ2v) is 20.4. The Morgan fingerprint density at radius 3 is 0.618 bits per heavy atom. The van der Waals surface area contributed by atoms with E-state index in [2.05, 4.69) is 57.2 Å². The van der Waals surface area contributed by atoms with E-state index in [1.165, 1.54) is 194 Å². The minimum absolute atomic E-state index is 0. The molecule has 438 valence electrons. The molecule has 13 heteroatoms. The van der Waals surface area contributed by atoms with E-state index in [4.69, 9.17) is 14.2 Å². The third-order valence-corrected chi connectivity index (χ3v) is 12.8. The van der Waals surface area contributed by atoms with Crippen LogP contribution in [0.4, 0.5) is 0 Å². The van der Waals surface area contributed by atoms with E-state index in [1.807, 2.05) is 0 Å². The molecule has 3 unspecified atom stereocenters. The monoisotopic (exact) mass is 1090 g/mol. The maximum absolute atomic E-state index is 11.4. The predicted octanol–water partition coefficient (Wildman–Crippen LogP) is 13.7. The molecule has 3 atom stereocenters. The van der Waals surface area contributed by atoms with Crippen molar-refractivity contribution >= 4 is 53.2 Å². The van der Waals surface area contributed by atoms with Crippen molar-refractivity contribution in [2.45, 2.75) is 330 Å². The Morgan fingerprint density at radius 2 is 0.447 bits per heavy atom. The molecule has 0 spiro atoms. The average molecular weight is 1090 g/mol. The van der Waals surface area contributed by atoms with Crippen LogP contribution in [-0.4, -0.2) is 71.5 Å². The fourth-order valence-corrected chi connectivity index (χ4v) is 7.93. The quantitative estimate of drug-likeness (QED) is 0.0184. The molecule has 0 saturated heterocycles.